The number of hydrogen-bond acceptors (Lipinski definition) is 3. The molecule has 2 aromatic rings. The van der Waals surface area contributed by atoms with Crippen molar-refractivity contribution in [1.29, 1.82) is 5.26 Å². The van der Waals surface area contributed by atoms with Gasteiger partial charge in [0.05, 0.1) is 28.5 Å². The van der Waals surface area contributed by atoms with Crippen molar-refractivity contribution in [3.05, 3.63) is 52.0 Å². The molecule has 0 saturated heterocycles. The van der Waals surface area contributed by atoms with E-state index in [1.54, 1.807) is 24.3 Å². The molecule has 0 aliphatic rings. The molecule has 0 radical (unpaired) electrons. The van der Waals surface area contributed by atoms with Crippen LogP contribution in [0.2, 0.25) is 0 Å². The summed E-state index contributed by atoms with van der Waals surface area (Å²) in [6.07, 6.45) is 0. The molecular formula is C14H8BrF2NOS. The standard InChI is InChI=1S/C14H8BrF2NOS/c1-19-12-3-2-9(15)6-13(12)20-14-10(16)4-8(7-18)5-11(14)17/h2-6H,1H3. The first-order valence-electron chi connectivity index (χ1n) is 5.45. The zero-order valence-corrected chi connectivity index (χ0v) is 12.7. The first-order chi connectivity index (χ1) is 9.55. The van der Waals surface area contributed by atoms with Crippen LogP contribution in [-0.4, -0.2) is 7.11 Å². The van der Waals surface area contributed by atoms with Crippen molar-refractivity contribution >= 4 is 27.7 Å². The minimum atomic E-state index is -0.770. The monoisotopic (exact) mass is 355 g/mol. The summed E-state index contributed by atoms with van der Waals surface area (Å²) in [6, 6.07) is 8.91. The number of halogens is 3. The SMILES string of the molecule is COc1ccc(Br)cc1Sc1c(F)cc(C#N)cc1F. The van der Waals surface area contributed by atoms with Gasteiger partial charge in [-0.3, -0.25) is 0 Å². The summed E-state index contributed by atoms with van der Waals surface area (Å²) in [5, 5.41) is 8.67. The van der Waals surface area contributed by atoms with Gasteiger partial charge in [0.1, 0.15) is 17.4 Å². The van der Waals surface area contributed by atoms with Gasteiger partial charge >= 0.3 is 0 Å². The Kier molecular flexibility index (Phi) is 4.63. The van der Waals surface area contributed by atoms with Gasteiger partial charge in [-0.25, -0.2) is 8.78 Å². The molecule has 0 spiro atoms. The van der Waals surface area contributed by atoms with Gasteiger partial charge in [-0.2, -0.15) is 5.26 Å². The van der Waals surface area contributed by atoms with E-state index in [1.807, 2.05) is 0 Å². The van der Waals surface area contributed by atoms with Gasteiger partial charge in [-0.05, 0) is 30.3 Å². The summed E-state index contributed by atoms with van der Waals surface area (Å²) in [6.45, 7) is 0. The quantitative estimate of drug-likeness (QED) is 0.795. The summed E-state index contributed by atoms with van der Waals surface area (Å²) in [5.74, 6) is -1.02. The van der Waals surface area contributed by atoms with Gasteiger partial charge < -0.3 is 4.74 Å². The average Bonchev–Trinajstić information content (AvgIpc) is 2.42. The molecule has 0 heterocycles. The number of methoxy groups -OCH3 is 1. The topological polar surface area (TPSA) is 33.0 Å². The minimum Gasteiger partial charge on any atom is -0.496 e. The molecular weight excluding hydrogens is 348 g/mol. The zero-order chi connectivity index (χ0) is 14.7. The van der Waals surface area contributed by atoms with E-state index < -0.39 is 11.6 Å². The molecule has 6 heteroatoms. The van der Waals surface area contributed by atoms with Crippen molar-refractivity contribution < 1.29 is 13.5 Å². The van der Waals surface area contributed by atoms with Crippen LogP contribution in [0.3, 0.4) is 0 Å². The highest BCUT2D eigenvalue weighted by Crippen LogP contribution is 2.39. The van der Waals surface area contributed by atoms with Gasteiger partial charge in [-0.1, -0.05) is 27.7 Å². The Balaban J connectivity index is 2.45. The van der Waals surface area contributed by atoms with Crippen molar-refractivity contribution in [3.63, 3.8) is 0 Å². The highest BCUT2D eigenvalue weighted by atomic mass is 79.9. The van der Waals surface area contributed by atoms with Crippen molar-refractivity contribution in [2.24, 2.45) is 0 Å². The minimum absolute atomic E-state index is 0.0504. The lowest BCUT2D eigenvalue weighted by molar-refractivity contribution is 0.404. The molecule has 0 fully saturated rings. The fraction of sp³-hybridized carbons (Fsp3) is 0.0714. The summed E-state index contributed by atoms with van der Waals surface area (Å²) in [4.78, 5) is 0.407. The molecule has 0 aliphatic carbocycles. The molecule has 0 atom stereocenters. The van der Waals surface area contributed by atoms with E-state index in [2.05, 4.69) is 15.9 Å². The lowest BCUT2D eigenvalue weighted by Gasteiger charge is -2.10. The van der Waals surface area contributed by atoms with Crippen LogP contribution in [0.4, 0.5) is 8.78 Å². The maximum atomic E-state index is 13.9. The third-order valence-corrected chi connectivity index (χ3v) is 4.09. The predicted molar refractivity (Wildman–Crippen MR) is 75.9 cm³/mol. The van der Waals surface area contributed by atoms with Crippen molar-refractivity contribution in [1.82, 2.24) is 0 Å². The lowest BCUT2D eigenvalue weighted by Crippen LogP contribution is -1.92. The van der Waals surface area contributed by atoms with Crippen LogP contribution in [0.5, 0.6) is 5.75 Å². The van der Waals surface area contributed by atoms with E-state index in [0.717, 1.165) is 28.4 Å². The smallest absolute Gasteiger partial charge is 0.141 e. The Labute approximate surface area is 127 Å². The number of nitriles is 1. The maximum Gasteiger partial charge on any atom is 0.141 e. The molecule has 0 bridgehead atoms. The Morgan fingerprint density at radius 1 is 1.20 bits per heavy atom. The molecule has 102 valence electrons. The average molecular weight is 356 g/mol. The van der Waals surface area contributed by atoms with Crippen molar-refractivity contribution in [2.45, 2.75) is 9.79 Å². The summed E-state index contributed by atoms with van der Waals surface area (Å²) in [5.41, 5.74) is -0.0504. The van der Waals surface area contributed by atoms with Gasteiger partial charge in [0.2, 0.25) is 0 Å². The first kappa shape index (κ1) is 14.8. The first-order valence-corrected chi connectivity index (χ1v) is 7.06. The molecule has 0 saturated carbocycles. The number of ether oxygens (including phenoxy) is 1. The number of nitrogens with zero attached hydrogens (tertiary/aromatic N) is 1. The van der Waals surface area contributed by atoms with Gasteiger partial charge in [-0.15, -0.1) is 0 Å². The molecule has 0 aromatic heterocycles. The number of hydrogen-bond donors (Lipinski definition) is 0. The van der Waals surface area contributed by atoms with Gasteiger partial charge in [0, 0.05) is 4.47 Å². The maximum absolute atomic E-state index is 13.9. The van der Waals surface area contributed by atoms with Gasteiger partial charge in [0.25, 0.3) is 0 Å². The molecule has 0 amide bonds. The van der Waals surface area contributed by atoms with E-state index >= 15 is 0 Å². The highest BCUT2D eigenvalue weighted by molar-refractivity contribution is 9.10. The van der Waals surface area contributed by atoms with Gasteiger partial charge in [0.15, 0.2) is 0 Å². The van der Waals surface area contributed by atoms with E-state index in [9.17, 15) is 8.78 Å². The highest BCUT2D eigenvalue weighted by Gasteiger charge is 2.15. The fourth-order valence-corrected chi connectivity index (χ4v) is 3.05. The second-order valence-corrected chi connectivity index (χ2v) is 5.75. The number of benzene rings is 2. The van der Waals surface area contributed by atoms with E-state index in [1.165, 1.54) is 7.11 Å². The normalized spacial score (nSPS) is 10.2. The molecule has 2 nitrogen and oxygen atoms in total. The molecule has 0 N–H and O–H groups in total. The molecule has 2 rings (SSSR count). The van der Waals surface area contributed by atoms with Crippen molar-refractivity contribution in [3.8, 4) is 11.8 Å². The second-order valence-electron chi connectivity index (χ2n) is 3.78. The molecule has 0 aliphatic heterocycles. The predicted octanol–water partition coefficient (Wildman–Crippen LogP) is 4.76. The molecule has 20 heavy (non-hydrogen) atoms. The largest absolute Gasteiger partial charge is 0.496 e. The van der Waals surface area contributed by atoms with Crippen LogP contribution in [0.1, 0.15) is 5.56 Å². The second kappa shape index (κ2) is 6.25. The van der Waals surface area contributed by atoms with Crippen LogP contribution in [0.25, 0.3) is 0 Å². The third-order valence-electron chi connectivity index (χ3n) is 2.47. The summed E-state index contributed by atoms with van der Waals surface area (Å²) < 4.78 is 33.6. The molecule has 0 unspecified atom stereocenters. The Bertz CT molecular complexity index is 677. The Morgan fingerprint density at radius 3 is 2.40 bits per heavy atom. The number of rotatable bonds is 3. The van der Waals surface area contributed by atoms with E-state index in [-0.39, 0.29) is 10.5 Å². The van der Waals surface area contributed by atoms with Crippen LogP contribution >= 0.6 is 27.7 Å². The fourth-order valence-electron chi connectivity index (χ4n) is 1.56. The zero-order valence-electron chi connectivity index (χ0n) is 10.3. The summed E-state index contributed by atoms with van der Waals surface area (Å²) >= 11 is 4.21. The van der Waals surface area contributed by atoms with Crippen LogP contribution in [0, 0.1) is 23.0 Å². The van der Waals surface area contributed by atoms with Crippen LogP contribution in [0.15, 0.2) is 44.6 Å². The third kappa shape index (κ3) is 3.11. The van der Waals surface area contributed by atoms with Crippen LogP contribution < -0.4 is 4.74 Å². The van der Waals surface area contributed by atoms with E-state index in [0.29, 0.717) is 10.6 Å². The summed E-state index contributed by atoms with van der Waals surface area (Å²) in [7, 11) is 1.48. The Hall–Kier alpha value is -1.58. The van der Waals surface area contributed by atoms with Crippen molar-refractivity contribution in [2.75, 3.05) is 7.11 Å². The molecule has 2 aromatic carbocycles. The Morgan fingerprint density at radius 2 is 1.85 bits per heavy atom. The van der Waals surface area contributed by atoms with Crippen LogP contribution in [-0.2, 0) is 0 Å². The van der Waals surface area contributed by atoms with E-state index in [4.69, 9.17) is 10.00 Å². The lowest BCUT2D eigenvalue weighted by atomic mass is 10.2.